The van der Waals surface area contributed by atoms with Crippen molar-refractivity contribution in [1.82, 2.24) is 10.2 Å². The maximum atomic E-state index is 12.9. The van der Waals surface area contributed by atoms with Crippen molar-refractivity contribution in [3.05, 3.63) is 65.2 Å². The van der Waals surface area contributed by atoms with Crippen LogP contribution in [0, 0.1) is 11.3 Å². The molecule has 1 aliphatic rings. The molecule has 1 heterocycles. The molecular formula is C19H14F3N3O3. The van der Waals surface area contributed by atoms with Crippen molar-refractivity contribution < 1.29 is 27.5 Å². The molecule has 0 aliphatic carbocycles. The normalized spacial score (nSPS) is 19.3. The van der Waals surface area contributed by atoms with E-state index in [1.54, 1.807) is 24.3 Å². The molecule has 1 aliphatic heterocycles. The van der Waals surface area contributed by atoms with Crippen LogP contribution < -0.4 is 10.1 Å². The number of carbonyl (C=O) groups excluding carboxylic acids is 2. The maximum Gasteiger partial charge on any atom is 0.573 e. The summed E-state index contributed by atoms with van der Waals surface area (Å²) in [5.41, 5.74) is -0.302. The number of nitrogens with zero attached hydrogens (tertiary/aromatic N) is 2. The number of amides is 3. The minimum atomic E-state index is -4.83. The first-order valence-corrected chi connectivity index (χ1v) is 8.12. The first-order chi connectivity index (χ1) is 13.1. The fourth-order valence-corrected chi connectivity index (χ4v) is 2.96. The Bertz CT molecular complexity index is 967. The topological polar surface area (TPSA) is 82.4 Å². The largest absolute Gasteiger partial charge is 0.573 e. The van der Waals surface area contributed by atoms with Crippen LogP contribution in [0.2, 0.25) is 0 Å². The van der Waals surface area contributed by atoms with Crippen molar-refractivity contribution >= 4 is 11.9 Å². The van der Waals surface area contributed by atoms with Gasteiger partial charge in [0.05, 0.1) is 18.2 Å². The van der Waals surface area contributed by atoms with Crippen LogP contribution >= 0.6 is 0 Å². The standard InChI is InChI=1S/C19H14F3N3O3/c1-18(14-6-8-15(9-7-14)28-19(20,21)22)16(26)25(17(27)24-18)11-13-5-3-2-4-12(13)10-23/h2-9H,11H2,1H3,(H,24,27). The van der Waals surface area contributed by atoms with Gasteiger partial charge in [0.1, 0.15) is 11.3 Å². The maximum absolute atomic E-state index is 12.9. The minimum absolute atomic E-state index is 0.0980. The van der Waals surface area contributed by atoms with Crippen LogP contribution in [-0.4, -0.2) is 23.2 Å². The van der Waals surface area contributed by atoms with Crippen molar-refractivity contribution in [3.63, 3.8) is 0 Å². The lowest BCUT2D eigenvalue weighted by molar-refractivity contribution is -0.274. The van der Waals surface area contributed by atoms with Crippen LogP contribution in [0.3, 0.4) is 0 Å². The number of nitrogens with one attached hydrogen (secondary N) is 1. The van der Waals surface area contributed by atoms with Gasteiger partial charge in [-0.15, -0.1) is 13.2 Å². The monoisotopic (exact) mass is 389 g/mol. The number of hydrogen-bond acceptors (Lipinski definition) is 4. The molecule has 28 heavy (non-hydrogen) atoms. The van der Waals surface area contributed by atoms with E-state index >= 15 is 0 Å². The van der Waals surface area contributed by atoms with Gasteiger partial charge < -0.3 is 10.1 Å². The number of hydrogen-bond donors (Lipinski definition) is 1. The number of alkyl halides is 3. The molecule has 3 amide bonds. The highest BCUT2D eigenvalue weighted by molar-refractivity contribution is 6.07. The second-order valence-corrected chi connectivity index (χ2v) is 6.29. The predicted molar refractivity (Wildman–Crippen MR) is 90.7 cm³/mol. The fraction of sp³-hybridized carbons (Fsp3) is 0.211. The average molecular weight is 389 g/mol. The smallest absolute Gasteiger partial charge is 0.406 e. The molecule has 0 aromatic heterocycles. The zero-order valence-electron chi connectivity index (χ0n) is 14.6. The van der Waals surface area contributed by atoms with Gasteiger partial charge >= 0.3 is 12.4 Å². The number of urea groups is 1. The summed E-state index contributed by atoms with van der Waals surface area (Å²) < 4.78 is 40.7. The molecule has 0 radical (unpaired) electrons. The second kappa shape index (κ2) is 6.88. The summed E-state index contributed by atoms with van der Waals surface area (Å²) in [5.74, 6) is -1.01. The molecule has 9 heteroatoms. The average Bonchev–Trinajstić information content (AvgIpc) is 2.85. The Morgan fingerprint density at radius 3 is 2.39 bits per heavy atom. The van der Waals surface area contributed by atoms with Crippen LogP contribution in [-0.2, 0) is 16.9 Å². The van der Waals surface area contributed by atoms with E-state index in [1.807, 2.05) is 6.07 Å². The molecular weight excluding hydrogens is 375 g/mol. The Morgan fingerprint density at radius 1 is 1.14 bits per heavy atom. The summed E-state index contributed by atoms with van der Waals surface area (Å²) in [5, 5.41) is 11.7. The molecule has 144 valence electrons. The van der Waals surface area contributed by atoms with Gasteiger partial charge in [-0.05, 0) is 36.2 Å². The van der Waals surface area contributed by atoms with Crippen molar-refractivity contribution in [3.8, 4) is 11.8 Å². The Kier molecular flexibility index (Phi) is 4.73. The Hall–Kier alpha value is -3.54. The summed E-state index contributed by atoms with van der Waals surface area (Å²) in [4.78, 5) is 26.2. The van der Waals surface area contributed by atoms with E-state index in [0.29, 0.717) is 16.7 Å². The van der Waals surface area contributed by atoms with E-state index in [0.717, 1.165) is 17.0 Å². The lowest BCUT2D eigenvalue weighted by atomic mass is 9.92. The van der Waals surface area contributed by atoms with Crippen molar-refractivity contribution in [2.45, 2.75) is 25.4 Å². The number of carbonyl (C=O) groups is 2. The molecule has 1 fully saturated rings. The summed E-state index contributed by atoms with van der Waals surface area (Å²) >= 11 is 0. The van der Waals surface area contributed by atoms with Gasteiger partial charge in [0.15, 0.2) is 0 Å². The number of nitriles is 1. The van der Waals surface area contributed by atoms with Gasteiger partial charge in [-0.2, -0.15) is 5.26 Å². The van der Waals surface area contributed by atoms with E-state index in [1.165, 1.54) is 19.1 Å². The van der Waals surface area contributed by atoms with Gasteiger partial charge in [0.25, 0.3) is 5.91 Å². The van der Waals surface area contributed by atoms with E-state index in [-0.39, 0.29) is 6.54 Å². The van der Waals surface area contributed by atoms with Crippen LogP contribution in [0.25, 0.3) is 0 Å². The van der Waals surface area contributed by atoms with Crippen molar-refractivity contribution in [1.29, 1.82) is 5.26 Å². The van der Waals surface area contributed by atoms with E-state index in [4.69, 9.17) is 5.26 Å². The van der Waals surface area contributed by atoms with E-state index < -0.39 is 29.6 Å². The van der Waals surface area contributed by atoms with Gasteiger partial charge in [-0.25, -0.2) is 4.79 Å². The van der Waals surface area contributed by atoms with Crippen LogP contribution in [0.4, 0.5) is 18.0 Å². The predicted octanol–water partition coefficient (Wildman–Crippen LogP) is 3.42. The number of rotatable bonds is 4. The highest BCUT2D eigenvalue weighted by Crippen LogP contribution is 2.32. The molecule has 3 rings (SSSR count). The third kappa shape index (κ3) is 3.62. The van der Waals surface area contributed by atoms with E-state index in [2.05, 4.69) is 10.1 Å². The van der Waals surface area contributed by atoms with Crippen molar-refractivity contribution in [2.24, 2.45) is 0 Å². The minimum Gasteiger partial charge on any atom is -0.406 e. The quantitative estimate of drug-likeness (QED) is 0.813. The number of halogens is 3. The van der Waals surface area contributed by atoms with Crippen LogP contribution in [0.1, 0.15) is 23.6 Å². The molecule has 0 saturated carbocycles. The van der Waals surface area contributed by atoms with E-state index in [9.17, 15) is 22.8 Å². The molecule has 2 aromatic carbocycles. The third-order valence-corrected chi connectivity index (χ3v) is 4.41. The molecule has 0 spiro atoms. The molecule has 0 bridgehead atoms. The molecule has 1 N–H and O–H groups in total. The lowest BCUT2D eigenvalue weighted by Crippen LogP contribution is -2.40. The SMILES string of the molecule is CC1(c2ccc(OC(F)(F)F)cc2)NC(=O)N(Cc2ccccc2C#N)C1=O. The third-order valence-electron chi connectivity index (χ3n) is 4.41. The number of imide groups is 1. The summed E-state index contributed by atoms with van der Waals surface area (Å²) in [6.45, 7) is 1.36. The zero-order valence-corrected chi connectivity index (χ0v) is 14.6. The zero-order chi connectivity index (χ0) is 20.5. The molecule has 1 unspecified atom stereocenters. The highest BCUT2D eigenvalue weighted by atomic mass is 19.4. The summed E-state index contributed by atoms with van der Waals surface area (Å²) in [6, 6.07) is 12.6. The van der Waals surface area contributed by atoms with Gasteiger partial charge in [0.2, 0.25) is 0 Å². The Morgan fingerprint density at radius 2 is 1.79 bits per heavy atom. The molecule has 1 atom stereocenters. The number of benzene rings is 2. The first-order valence-electron chi connectivity index (χ1n) is 8.12. The Balaban J connectivity index is 1.84. The van der Waals surface area contributed by atoms with Gasteiger partial charge in [0, 0.05) is 0 Å². The first kappa shape index (κ1) is 19.2. The fourth-order valence-electron chi connectivity index (χ4n) is 2.96. The Labute approximate surface area is 158 Å². The van der Waals surface area contributed by atoms with Gasteiger partial charge in [-0.1, -0.05) is 30.3 Å². The second-order valence-electron chi connectivity index (χ2n) is 6.29. The van der Waals surface area contributed by atoms with Crippen molar-refractivity contribution in [2.75, 3.05) is 0 Å². The molecule has 2 aromatic rings. The van der Waals surface area contributed by atoms with Gasteiger partial charge in [-0.3, -0.25) is 9.69 Å². The highest BCUT2D eigenvalue weighted by Gasteiger charge is 2.49. The summed E-state index contributed by atoms with van der Waals surface area (Å²) in [7, 11) is 0. The summed E-state index contributed by atoms with van der Waals surface area (Å²) in [6.07, 6.45) is -4.83. The molecule has 6 nitrogen and oxygen atoms in total. The number of ether oxygens (including phenoxy) is 1. The van der Waals surface area contributed by atoms with Crippen LogP contribution in [0.5, 0.6) is 5.75 Å². The lowest BCUT2D eigenvalue weighted by Gasteiger charge is -2.22. The van der Waals surface area contributed by atoms with Crippen LogP contribution in [0.15, 0.2) is 48.5 Å². The molecule has 1 saturated heterocycles.